The van der Waals surface area contributed by atoms with Gasteiger partial charge in [-0.2, -0.15) is 0 Å². The highest BCUT2D eigenvalue weighted by Crippen LogP contribution is 2.35. The van der Waals surface area contributed by atoms with E-state index >= 15 is 0 Å². The molecule has 0 spiro atoms. The zero-order chi connectivity index (χ0) is 18.7. The number of carbonyl (C=O) groups is 1. The molecule has 2 aromatic rings. The lowest BCUT2D eigenvalue weighted by atomic mass is 10.2. The number of rotatable bonds is 5. The summed E-state index contributed by atoms with van der Waals surface area (Å²) in [7, 11) is -2.76. The normalized spacial score (nSPS) is 13.2. The fraction of sp³-hybridized carbons (Fsp3) is 0.278. The maximum absolute atomic E-state index is 13.1. The Morgan fingerprint density at radius 1 is 1.08 bits per heavy atom. The van der Waals surface area contributed by atoms with Crippen molar-refractivity contribution in [1.29, 1.82) is 0 Å². The molecule has 0 saturated heterocycles. The first kappa shape index (κ1) is 18.1. The van der Waals surface area contributed by atoms with E-state index < -0.39 is 22.5 Å². The van der Waals surface area contributed by atoms with E-state index in [2.05, 4.69) is 4.74 Å². The van der Waals surface area contributed by atoms with Crippen LogP contribution in [0.15, 0.2) is 47.4 Å². The molecule has 0 bridgehead atoms. The Kier molecular flexibility index (Phi) is 5.03. The van der Waals surface area contributed by atoms with E-state index in [1.807, 2.05) is 6.92 Å². The number of nitrogens with zero attached hydrogens (tertiary/aromatic N) is 1. The van der Waals surface area contributed by atoms with Gasteiger partial charge < -0.3 is 14.2 Å². The van der Waals surface area contributed by atoms with Crippen molar-refractivity contribution in [2.45, 2.75) is 11.8 Å². The van der Waals surface area contributed by atoms with Crippen LogP contribution >= 0.6 is 0 Å². The highest BCUT2D eigenvalue weighted by molar-refractivity contribution is 7.92. The van der Waals surface area contributed by atoms with E-state index in [1.165, 1.54) is 19.2 Å². The third-order valence-electron chi connectivity index (χ3n) is 3.92. The molecule has 138 valence electrons. The quantitative estimate of drug-likeness (QED) is 0.743. The summed E-state index contributed by atoms with van der Waals surface area (Å²) in [5.74, 6) is 0.295. The SMILES string of the molecule is COC(=O)CN(c1ccc2c(c1)OCCO2)S(=O)(=O)c1ccc(C)cc1. The van der Waals surface area contributed by atoms with E-state index in [0.717, 1.165) is 9.87 Å². The molecule has 0 aromatic heterocycles. The molecule has 3 rings (SSSR count). The Morgan fingerprint density at radius 3 is 2.38 bits per heavy atom. The first-order chi connectivity index (χ1) is 12.4. The van der Waals surface area contributed by atoms with Crippen LogP contribution in [0.4, 0.5) is 5.69 Å². The third-order valence-corrected chi connectivity index (χ3v) is 5.71. The smallest absolute Gasteiger partial charge is 0.326 e. The van der Waals surface area contributed by atoms with Crippen LogP contribution in [0.1, 0.15) is 5.56 Å². The number of carbonyl (C=O) groups excluding carboxylic acids is 1. The monoisotopic (exact) mass is 377 g/mol. The van der Waals surface area contributed by atoms with E-state index in [0.29, 0.717) is 30.4 Å². The van der Waals surface area contributed by atoms with Gasteiger partial charge in [0.15, 0.2) is 11.5 Å². The third kappa shape index (κ3) is 3.60. The molecule has 0 fully saturated rings. The average molecular weight is 377 g/mol. The van der Waals surface area contributed by atoms with Crippen LogP contribution in [-0.4, -0.2) is 41.3 Å². The lowest BCUT2D eigenvalue weighted by molar-refractivity contribution is -0.138. The molecular formula is C18H19NO6S. The molecule has 0 unspecified atom stereocenters. The van der Waals surface area contributed by atoms with Gasteiger partial charge in [-0.1, -0.05) is 17.7 Å². The Balaban J connectivity index is 2.05. The van der Waals surface area contributed by atoms with Gasteiger partial charge in [-0.15, -0.1) is 0 Å². The number of sulfonamides is 1. The number of methoxy groups -OCH3 is 1. The predicted octanol–water partition coefficient (Wildman–Crippen LogP) is 2.13. The van der Waals surface area contributed by atoms with Gasteiger partial charge in [-0.25, -0.2) is 8.42 Å². The minimum absolute atomic E-state index is 0.0851. The van der Waals surface area contributed by atoms with Crippen LogP contribution < -0.4 is 13.8 Å². The molecule has 0 saturated carbocycles. The number of hydrogen-bond donors (Lipinski definition) is 0. The van der Waals surface area contributed by atoms with Crippen molar-refractivity contribution < 1.29 is 27.4 Å². The van der Waals surface area contributed by atoms with E-state index in [1.54, 1.807) is 30.3 Å². The minimum atomic E-state index is -3.97. The van der Waals surface area contributed by atoms with Gasteiger partial charge in [-0.3, -0.25) is 9.10 Å². The molecule has 1 aliphatic rings. The number of fused-ring (bicyclic) bond motifs is 1. The van der Waals surface area contributed by atoms with Gasteiger partial charge in [-0.05, 0) is 31.2 Å². The number of anilines is 1. The fourth-order valence-electron chi connectivity index (χ4n) is 2.52. The molecule has 8 heteroatoms. The fourth-order valence-corrected chi connectivity index (χ4v) is 3.92. The second-order valence-electron chi connectivity index (χ2n) is 5.73. The van der Waals surface area contributed by atoms with Crippen LogP contribution in [0.25, 0.3) is 0 Å². The molecule has 0 radical (unpaired) electrons. The van der Waals surface area contributed by atoms with Gasteiger partial charge in [0.05, 0.1) is 17.7 Å². The van der Waals surface area contributed by atoms with Crippen molar-refractivity contribution in [3.63, 3.8) is 0 Å². The molecule has 1 heterocycles. The summed E-state index contributed by atoms with van der Waals surface area (Å²) in [6.45, 7) is 2.22. The summed E-state index contributed by atoms with van der Waals surface area (Å²) >= 11 is 0. The molecular weight excluding hydrogens is 358 g/mol. The number of ether oxygens (including phenoxy) is 3. The Morgan fingerprint density at radius 2 is 1.73 bits per heavy atom. The largest absolute Gasteiger partial charge is 0.486 e. The van der Waals surface area contributed by atoms with Crippen LogP contribution in [0.3, 0.4) is 0 Å². The standard InChI is InChI=1S/C18H19NO6S/c1-13-3-6-15(7-4-13)26(21,22)19(12-18(20)23-2)14-5-8-16-17(11-14)25-10-9-24-16/h3-8,11H,9-10,12H2,1-2H3. The molecule has 0 N–H and O–H groups in total. The molecule has 7 nitrogen and oxygen atoms in total. The zero-order valence-corrected chi connectivity index (χ0v) is 15.3. The first-order valence-electron chi connectivity index (χ1n) is 7.97. The molecule has 0 atom stereocenters. The summed E-state index contributed by atoms with van der Waals surface area (Å²) in [4.78, 5) is 11.9. The molecule has 0 amide bonds. The zero-order valence-electron chi connectivity index (χ0n) is 14.5. The Bertz CT molecular complexity index is 908. The van der Waals surface area contributed by atoms with Gasteiger partial charge in [0.2, 0.25) is 0 Å². The Labute approximate surface area is 152 Å². The molecule has 0 aliphatic carbocycles. The van der Waals surface area contributed by atoms with Gasteiger partial charge in [0.1, 0.15) is 19.8 Å². The van der Waals surface area contributed by atoms with Gasteiger partial charge >= 0.3 is 5.97 Å². The maximum Gasteiger partial charge on any atom is 0.326 e. The highest BCUT2D eigenvalue weighted by Gasteiger charge is 2.28. The van der Waals surface area contributed by atoms with Crippen molar-refractivity contribution in [3.8, 4) is 11.5 Å². The van der Waals surface area contributed by atoms with Crippen molar-refractivity contribution >= 4 is 21.7 Å². The van der Waals surface area contributed by atoms with Crippen molar-refractivity contribution in [3.05, 3.63) is 48.0 Å². The number of esters is 1. The highest BCUT2D eigenvalue weighted by atomic mass is 32.2. The van der Waals surface area contributed by atoms with Crippen molar-refractivity contribution in [1.82, 2.24) is 0 Å². The van der Waals surface area contributed by atoms with Gasteiger partial charge in [0.25, 0.3) is 10.0 Å². The summed E-state index contributed by atoms with van der Waals surface area (Å²) in [5.41, 5.74) is 1.23. The first-order valence-corrected chi connectivity index (χ1v) is 9.41. The van der Waals surface area contributed by atoms with Crippen LogP contribution in [0.5, 0.6) is 11.5 Å². The minimum Gasteiger partial charge on any atom is -0.486 e. The van der Waals surface area contributed by atoms with Crippen LogP contribution in [0, 0.1) is 6.92 Å². The maximum atomic E-state index is 13.1. The topological polar surface area (TPSA) is 82.1 Å². The Hall–Kier alpha value is -2.74. The number of benzene rings is 2. The molecule has 2 aromatic carbocycles. The molecule has 1 aliphatic heterocycles. The van der Waals surface area contributed by atoms with Crippen molar-refractivity contribution in [2.24, 2.45) is 0 Å². The lowest BCUT2D eigenvalue weighted by Gasteiger charge is -2.25. The van der Waals surface area contributed by atoms with Gasteiger partial charge in [0, 0.05) is 6.07 Å². The van der Waals surface area contributed by atoms with E-state index in [-0.39, 0.29) is 4.90 Å². The second kappa shape index (κ2) is 7.25. The summed E-state index contributed by atoms with van der Waals surface area (Å²) in [6.07, 6.45) is 0. The number of aryl methyl sites for hydroxylation is 1. The van der Waals surface area contributed by atoms with E-state index in [4.69, 9.17) is 9.47 Å². The van der Waals surface area contributed by atoms with Crippen LogP contribution in [-0.2, 0) is 19.6 Å². The number of hydrogen-bond acceptors (Lipinski definition) is 6. The van der Waals surface area contributed by atoms with Crippen molar-refractivity contribution in [2.75, 3.05) is 31.2 Å². The lowest BCUT2D eigenvalue weighted by Crippen LogP contribution is -2.36. The summed E-state index contributed by atoms with van der Waals surface area (Å²) in [6, 6.07) is 11.2. The van der Waals surface area contributed by atoms with E-state index in [9.17, 15) is 13.2 Å². The summed E-state index contributed by atoms with van der Waals surface area (Å²) < 4.78 is 42.9. The average Bonchev–Trinajstić information content (AvgIpc) is 2.65. The predicted molar refractivity (Wildman–Crippen MR) is 95.2 cm³/mol. The second-order valence-corrected chi connectivity index (χ2v) is 7.59. The van der Waals surface area contributed by atoms with Crippen LogP contribution in [0.2, 0.25) is 0 Å². The summed E-state index contributed by atoms with van der Waals surface area (Å²) in [5, 5.41) is 0. The molecule has 26 heavy (non-hydrogen) atoms.